The first-order valence-corrected chi connectivity index (χ1v) is 9.22. The Morgan fingerprint density at radius 3 is 2.68 bits per heavy atom. The van der Waals surface area contributed by atoms with E-state index in [1.807, 2.05) is 31.4 Å². The lowest BCUT2D eigenvalue weighted by Gasteiger charge is -2.37. The van der Waals surface area contributed by atoms with Crippen LogP contribution < -0.4 is 10.2 Å². The van der Waals surface area contributed by atoms with Gasteiger partial charge in [0.05, 0.1) is 6.54 Å². The number of nitrogens with zero attached hydrogens (tertiary/aromatic N) is 4. The number of nitrogens with one attached hydrogen (secondary N) is 1. The lowest BCUT2D eigenvalue weighted by Crippen LogP contribution is -2.52. The van der Waals surface area contributed by atoms with Gasteiger partial charge in [-0.15, -0.1) is 35.3 Å². The molecule has 8 heteroatoms. The van der Waals surface area contributed by atoms with Crippen LogP contribution in [0, 0.1) is 6.92 Å². The molecule has 1 aliphatic rings. The van der Waals surface area contributed by atoms with Crippen LogP contribution in [0.1, 0.15) is 9.88 Å². The highest BCUT2D eigenvalue weighted by Gasteiger charge is 2.20. The van der Waals surface area contributed by atoms with Gasteiger partial charge in [0.1, 0.15) is 5.01 Å². The molecule has 0 saturated carbocycles. The number of hydrogen-bond donors (Lipinski definition) is 1. The summed E-state index contributed by atoms with van der Waals surface area (Å²) in [5, 5.41) is 5.29. The summed E-state index contributed by atoms with van der Waals surface area (Å²) in [5.74, 6) is 0.939. The summed E-state index contributed by atoms with van der Waals surface area (Å²) in [6.07, 6.45) is 1.91. The molecule has 1 aliphatic heterocycles. The number of piperazine rings is 1. The third kappa shape index (κ3) is 5.46. The fourth-order valence-corrected chi connectivity index (χ4v) is 3.73. The molecule has 0 bridgehead atoms. The number of anilines is 1. The Hall–Kier alpha value is -1.06. The van der Waals surface area contributed by atoms with Gasteiger partial charge < -0.3 is 15.1 Å². The van der Waals surface area contributed by atoms with Crippen molar-refractivity contribution in [3.8, 4) is 0 Å². The summed E-state index contributed by atoms with van der Waals surface area (Å²) in [6.45, 7) is 6.58. The van der Waals surface area contributed by atoms with Crippen molar-refractivity contribution in [1.29, 1.82) is 0 Å². The van der Waals surface area contributed by atoms with Crippen molar-refractivity contribution in [2.24, 2.45) is 4.99 Å². The van der Waals surface area contributed by atoms with Gasteiger partial charge >= 0.3 is 0 Å². The number of thiazole rings is 1. The maximum atomic E-state index is 6.10. The smallest absolute Gasteiger partial charge is 0.194 e. The van der Waals surface area contributed by atoms with Crippen LogP contribution in [0.25, 0.3) is 0 Å². The second kappa shape index (κ2) is 9.59. The van der Waals surface area contributed by atoms with Crippen molar-refractivity contribution >= 4 is 58.6 Å². The van der Waals surface area contributed by atoms with E-state index >= 15 is 0 Å². The predicted octanol–water partition coefficient (Wildman–Crippen LogP) is 3.62. The lowest BCUT2D eigenvalue weighted by molar-refractivity contribution is 0.372. The van der Waals surface area contributed by atoms with Crippen molar-refractivity contribution in [3.63, 3.8) is 0 Å². The van der Waals surface area contributed by atoms with Gasteiger partial charge in [-0.1, -0.05) is 17.7 Å². The molecule has 1 aromatic heterocycles. The highest BCUT2D eigenvalue weighted by atomic mass is 127. The van der Waals surface area contributed by atoms with Gasteiger partial charge in [-0.3, -0.25) is 4.99 Å². The van der Waals surface area contributed by atoms with E-state index in [9.17, 15) is 0 Å². The number of benzene rings is 1. The van der Waals surface area contributed by atoms with Crippen molar-refractivity contribution < 1.29 is 0 Å². The third-order valence-corrected chi connectivity index (χ3v) is 5.18. The molecule has 3 rings (SSSR count). The first-order valence-electron chi connectivity index (χ1n) is 8.03. The molecule has 5 nitrogen and oxygen atoms in total. The molecule has 25 heavy (non-hydrogen) atoms. The van der Waals surface area contributed by atoms with E-state index in [1.165, 1.54) is 10.6 Å². The molecule has 2 aromatic rings. The van der Waals surface area contributed by atoms with E-state index in [0.29, 0.717) is 0 Å². The lowest BCUT2D eigenvalue weighted by atomic mass is 10.2. The SMILES string of the molecule is CN=C(NCc1ncc(C)s1)N1CCN(c2cccc(Cl)c2)CC1.I. The molecule has 1 saturated heterocycles. The van der Waals surface area contributed by atoms with Gasteiger partial charge in [0.15, 0.2) is 5.96 Å². The van der Waals surface area contributed by atoms with E-state index in [0.717, 1.165) is 48.7 Å². The molecule has 0 radical (unpaired) electrons. The third-order valence-electron chi connectivity index (χ3n) is 4.03. The van der Waals surface area contributed by atoms with Gasteiger partial charge in [-0.2, -0.15) is 0 Å². The fourth-order valence-electron chi connectivity index (χ4n) is 2.82. The summed E-state index contributed by atoms with van der Waals surface area (Å²) in [4.78, 5) is 14.7. The largest absolute Gasteiger partial charge is 0.368 e. The zero-order valence-electron chi connectivity index (χ0n) is 14.4. The van der Waals surface area contributed by atoms with Crippen molar-refractivity contribution in [3.05, 3.63) is 45.4 Å². The highest BCUT2D eigenvalue weighted by Crippen LogP contribution is 2.20. The minimum Gasteiger partial charge on any atom is -0.368 e. The molecule has 0 aliphatic carbocycles. The van der Waals surface area contributed by atoms with Crippen LogP contribution in [0.4, 0.5) is 5.69 Å². The summed E-state index contributed by atoms with van der Waals surface area (Å²) in [5.41, 5.74) is 1.18. The Kier molecular flexibility index (Phi) is 7.77. The van der Waals surface area contributed by atoms with E-state index in [-0.39, 0.29) is 24.0 Å². The Morgan fingerprint density at radius 1 is 1.32 bits per heavy atom. The topological polar surface area (TPSA) is 43.8 Å². The van der Waals surface area contributed by atoms with E-state index in [2.05, 4.69) is 38.1 Å². The number of hydrogen-bond acceptors (Lipinski definition) is 4. The summed E-state index contributed by atoms with van der Waals surface area (Å²) < 4.78 is 0. The number of halogens is 2. The van der Waals surface area contributed by atoms with Gasteiger partial charge in [0.25, 0.3) is 0 Å². The first kappa shape index (κ1) is 20.3. The van der Waals surface area contributed by atoms with Crippen LogP contribution in [-0.4, -0.2) is 49.1 Å². The average Bonchev–Trinajstić information content (AvgIpc) is 3.01. The number of rotatable bonds is 3. The van der Waals surface area contributed by atoms with Gasteiger partial charge in [-0.05, 0) is 25.1 Å². The van der Waals surface area contributed by atoms with Crippen LogP contribution in [0.15, 0.2) is 35.5 Å². The molecule has 0 unspecified atom stereocenters. The molecular weight excluding hydrogens is 469 g/mol. The summed E-state index contributed by atoms with van der Waals surface area (Å²) >= 11 is 7.81. The Balaban J connectivity index is 0.00000225. The maximum Gasteiger partial charge on any atom is 0.194 e. The molecule has 1 aromatic carbocycles. The second-order valence-electron chi connectivity index (χ2n) is 5.72. The number of aryl methyl sites for hydroxylation is 1. The minimum atomic E-state index is 0. The Morgan fingerprint density at radius 2 is 2.08 bits per heavy atom. The highest BCUT2D eigenvalue weighted by molar-refractivity contribution is 14.0. The molecule has 0 atom stereocenters. The molecular formula is C17H23ClIN5S. The average molecular weight is 492 g/mol. The van der Waals surface area contributed by atoms with Crippen molar-refractivity contribution in [1.82, 2.24) is 15.2 Å². The van der Waals surface area contributed by atoms with E-state index in [1.54, 1.807) is 11.3 Å². The van der Waals surface area contributed by atoms with Crippen LogP contribution in [0.3, 0.4) is 0 Å². The number of guanidine groups is 1. The molecule has 2 heterocycles. The minimum absolute atomic E-state index is 0. The van der Waals surface area contributed by atoms with Gasteiger partial charge in [0, 0.05) is 55.0 Å². The van der Waals surface area contributed by atoms with E-state index in [4.69, 9.17) is 11.6 Å². The standard InChI is InChI=1S/C17H22ClN5S.HI/c1-13-11-20-16(24-13)12-21-17(19-2)23-8-6-22(7-9-23)15-5-3-4-14(18)10-15;/h3-5,10-11H,6-9,12H2,1-2H3,(H,19,21);1H. The zero-order valence-corrected chi connectivity index (χ0v) is 18.3. The fraction of sp³-hybridized carbons (Fsp3) is 0.412. The Bertz CT molecular complexity index is 713. The van der Waals surface area contributed by atoms with Crippen molar-refractivity contribution in [2.45, 2.75) is 13.5 Å². The zero-order chi connectivity index (χ0) is 16.9. The number of aromatic nitrogens is 1. The quantitative estimate of drug-likeness (QED) is 0.405. The van der Waals surface area contributed by atoms with Crippen LogP contribution in [0.2, 0.25) is 5.02 Å². The Labute approximate surface area is 175 Å². The van der Waals surface area contributed by atoms with Gasteiger partial charge in [0.2, 0.25) is 0 Å². The first-order chi connectivity index (χ1) is 11.7. The van der Waals surface area contributed by atoms with Gasteiger partial charge in [-0.25, -0.2) is 4.98 Å². The molecule has 0 spiro atoms. The van der Waals surface area contributed by atoms with Crippen LogP contribution in [0.5, 0.6) is 0 Å². The summed E-state index contributed by atoms with van der Waals surface area (Å²) in [6, 6.07) is 8.04. The van der Waals surface area contributed by atoms with Crippen LogP contribution >= 0.6 is 46.9 Å². The summed E-state index contributed by atoms with van der Waals surface area (Å²) in [7, 11) is 1.83. The molecule has 0 amide bonds. The molecule has 1 fully saturated rings. The predicted molar refractivity (Wildman–Crippen MR) is 118 cm³/mol. The normalized spacial score (nSPS) is 15.1. The molecule has 136 valence electrons. The second-order valence-corrected chi connectivity index (χ2v) is 7.48. The monoisotopic (exact) mass is 491 g/mol. The number of aliphatic imine (C=N–C) groups is 1. The molecule has 1 N–H and O–H groups in total. The maximum absolute atomic E-state index is 6.10. The van der Waals surface area contributed by atoms with E-state index < -0.39 is 0 Å². The van der Waals surface area contributed by atoms with Crippen molar-refractivity contribution in [2.75, 3.05) is 38.1 Å². The van der Waals surface area contributed by atoms with Crippen LogP contribution in [-0.2, 0) is 6.54 Å².